The summed E-state index contributed by atoms with van der Waals surface area (Å²) in [6.45, 7) is 5.68. The lowest BCUT2D eigenvalue weighted by Crippen LogP contribution is -2.55. The Morgan fingerprint density at radius 2 is 2.40 bits per heavy atom. The van der Waals surface area contributed by atoms with Crippen LogP contribution in [0.1, 0.15) is 31.9 Å². The van der Waals surface area contributed by atoms with Gasteiger partial charge in [-0.3, -0.25) is 9.69 Å². The van der Waals surface area contributed by atoms with Gasteiger partial charge in [0.15, 0.2) is 5.13 Å². The molecule has 2 saturated heterocycles. The molecule has 0 spiro atoms. The summed E-state index contributed by atoms with van der Waals surface area (Å²) in [5, 5.41) is 11.8. The minimum atomic E-state index is -0.757. The van der Waals surface area contributed by atoms with Gasteiger partial charge in [-0.25, -0.2) is 4.98 Å². The molecule has 2 aliphatic heterocycles. The molecule has 0 saturated carbocycles. The van der Waals surface area contributed by atoms with Crippen molar-refractivity contribution in [3.8, 4) is 0 Å². The predicted octanol–water partition coefficient (Wildman–Crippen LogP) is 1.83. The number of rotatable bonds is 4. The van der Waals surface area contributed by atoms with E-state index in [2.05, 4.69) is 21.7 Å². The summed E-state index contributed by atoms with van der Waals surface area (Å²) in [5.41, 5.74) is 0.911. The van der Waals surface area contributed by atoms with Crippen molar-refractivity contribution in [1.82, 2.24) is 9.88 Å². The molecule has 1 N–H and O–H groups in total. The zero-order chi connectivity index (χ0) is 14.1. The van der Waals surface area contributed by atoms with Crippen molar-refractivity contribution >= 4 is 22.4 Å². The minimum absolute atomic E-state index is 0.162. The predicted molar refractivity (Wildman–Crippen MR) is 79.5 cm³/mol. The highest BCUT2D eigenvalue weighted by molar-refractivity contribution is 7.13. The van der Waals surface area contributed by atoms with Crippen LogP contribution in [0.4, 0.5) is 5.13 Å². The van der Waals surface area contributed by atoms with Gasteiger partial charge in [0.05, 0.1) is 12.1 Å². The molecule has 1 aromatic rings. The average Bonchev–Trinajstić information content (AvgIpc) is 3.03. The average molecular weight is 295 g/mol. The smallest absolute Gasteiger partial charge is 0.303 e. The van der Waals surface area contributed by atoms with E-state index >= 15 is 0 Å². The first-order valence-corrected chi connectivity index (χ1v) is 8.18. The highest BCUT2D eigenvalue weighted by atomic mass is 32.1. The van der Waals surface area contributed by atoms with Crippen molar-refractivity contribution in [1.29, 1.82) is 0 Å². The fourth-order valence-corrected chi connectivity index (χ4v) is 4.20. The van der Waals surface area contributed by atoms with Crippen molar-refractivity contribution in [2.75, 3.05) is 24.5 Å². The minimum Gasteiger partial charge on any atom is -0.481 e. The van der Waals surface area contributed by atoms with Crippen LogP contribution < -0.4 is 4.90 Å². The second-order valence-electron chi connectivity index (χ2n) is 5.81. The summed E-state index contributed by atoms with van der Waals surface area (Å²) in [6, 6.07) is 1.17. The lowest BCUT2D eigenvalue weighted by atomic mass is 10.1. The number of carboxylic acid groups (broad SMARTS) is 1. The first kappa shape index (κ1) is 13.8. The molecule has 5 nitrogen and oxygen atoms in total. The van der Waals surface area contributed by atoms with Gasteiger partial charge >= 0.3 is 5.97 Å². The van der Waals surface area contributed by atoms with Crippen LogP contribution in [-0.4, -0.2) is 52.7 Å². The van der Waals surface area contributed by atoms with Gasteiger partial charge in [-0.1, -0.05) is 0 Å². The van der Waals surface area contributed by atoms with Gasteiger partial charge in [-0.15, -0.1) is 11.3 Å². The Hall–Kier alpha value is -1.14. The lowest BCUT2D eigenvalue weighted by molar-refractivity contribution is -0.136. The second kappa shape index (κ2) is 5.69. The molecule has 0 aliphatic carbocycles. The molecule has 0 aromatic carbocycles. The van der Waals surface area contributed by atoms with E-state index in [1.165, 1.54) is 19.4 Å². The first-order valence-electron chi connectivity index (χ1n) is 7.30. The fourth-order valence-electron chi connectivity index (χ4n) is 3.23. The normalized spacial score (nSPS) is 26.8. The fraction of sp³-hybridized carbons (Fsp3) is 0.714. The molecule has 0 radical (unpaired) electrons. The number of aliphatic carboxylic acids is 1. The van der Waals surface area contributed by atoms with Gasteiger partial charge < -0.3 is 10.0 Å². The largest absolute Gasteiger partial charge is 0.481 e. The zero-order valence-electron chi connectivity index (χ0n) is 11.8. The Bertz CT molecular complexity index is 491. The summed E-state index contributed by atoms with van der Waals surface area (Å²) in [5.74, 6) is -0.757. The maximum atomic E-state index is 10.6. The summed E-state index contributed by atoms with van der Waals surface area (Å²) in [6.07, 6.45) is 3.30. The van der Waals surface area contributed by atoms with Gasteiger partial charge in [0.25, 0.3) is 0 Å². The quantitative estimate of drug-likeness (QED) is 0.918. The van der Waals surface area contributed by atoms with E-state index in [0.717, 1.165) is 23.9 Å². The molecule has 2 unspecified atom stereocenters. The summed E-state index contributed by atoms with van der Waals surface area (Å²) in [4.78, 5) is 20.3. The van der Waals surface area contributed by atoms with Crippen LogP contribution in [0.5, 0.6) is 0 Å². The Morgan fingerprint density at radius 1 is 1.55 bits per heavy atom. The molecule has 110 valence electrons. The summed E-state index contributed by atoms with van der Waals surface area (Å²) in [7, 11) is 0. The molecule has 0 bridgehead atoms. The van der Waals surface area contributed by atoms with E-state index in [1.54, 1.807) is 11.3 Å². The third kappa shape index (κ3) is 2.81. The molecule has 2 fully saturated rings. The van der Waals surface area contributed by atoms with E-state index in [9.17, 15) is 4.79 Å². The monoisotopic (exact) mass is 295 g/mol. The van der Waals surface area contributed by atoms with Gasteiger partial charge in [0.1, 0.15) is 0 Å². The van der Waals surface area contributed by atoms with Crippen molar-refractivity contribution < 1.29 is 9.90 Å². The third-order valence-electron chi connectivity index (χ3n) is 4.32. The topological polar surface area (TPSA) is 56.7 Å². The highest BCUT2D eigenvalue weighted by Gasteiger charge is 2.35. The maximum absolute atomic E-state index is 10.6. The molecule has 3 rings (SSSR count). The van der Waals surface area contributed by atoms with Crippen molar-refractivity contribution in [2.45, 2.75) is 44.7 Å². The molecular weight excluding hydrogens is 274 g/mol. The number of aryl methyl sites for hydroxylation is 1. The Kier molecular flexibility index (Phi) is 3.94. The Balaban J connectivity index is 1.67. The number of carboxylic acids is 1. The molecule has 6 heteroatoms. The van der Waals surface area contributed by atoms with E-state index in [-0.39, 0.29) is 6.42 Å². The highest BCUT2D eigenvalue weighted by Crippen LogP contribution is 2.30. The van der Waals surface area contributed by atoms with Crippen LogP contribution in [0.25, 0.3) is 0 Å². The lowest BCUT2D eigenvalue weighted by Gasteiger charge is -2.42. The van der Waals surface area contributed by atoms with Crippen LogP contribution >= 0.6 is 11.3 Å². The van der Waals surface area contributed by atoms with E-state index in [4.69, 9.17) is 5.11 Å². The Morgan fingerprint density at radius 3 is 3.20 bits per heavy atom. The van der Waals surface area contributed by atoms with Gasteiger partial charge in [0, 0.05) is 37.0 Å². The molecular formula is C14H21N3O2S. The molecule has 2 aliphatic rings. The number of aromatic nitrogens is 1. The van der Waals surface area contributed by atoms with E-state index < -0.39 is 5.97 Å². The van der Waals surface area contributed by atoms with Crippen LogP contribution in [0.2, 0.25) is 0 Å². The van der Waals surface area contributed by atoms with Crippen molar-refractivity contribution in [3.63, 3.8) is 0 Å². The van der Waals surface area contributed by atoms with Crippen LogP contribution in [0, 0.1) is 0 Å². The molecule has 2 atom stereocenters. The molecule has 0 amide bonds. The number of thiazole rings is 1. The summed E-state index contributed by atoms with van der Waals surface area (Å²) >= 11 is 1.65. The second-order valence-corrected chi connectivity index (χ2v) is 6.64. The first-order chi connectivity index (χ1) is 9.63. The van der Waals surface area contributed by atoms with E-state index in [0.29, 0.717) is 18.5 Å². The van der Waals surface area contributed by atoms with Gasteiger partial charge in [-0.05, 0) is 26.3 Å². The van der Waals surface area contributed by atoms with Crippen LogP contribution in [0.3, 0.4) is 0 Å². The molecule has 1 aromatic heterocycles. The maximum Gasteiger partial charge on any atom is 0.303 e. The number of hydrogen-bond acceptors (Lipinski definition) is 5. The zero-order valence-corrected chi connectivity index (χ0v) is 12.6. The number of nitrogens with zero attached hydrogens (tertiary/aromatic N) is 3. The third-order valence-corrected chi connectivity index (χ3v) is 5.24. The number of fused-ring (bicyclic) bond motifs is 1. The number of carbonyl (C=O) groups is 1. The van der Waals surface area contributed by atoms with Crippen LogP contribution in [-0.2, 0) is 11.2 Å². The standard InChI is InChI=1S/C14H21N3O2S/c1-10-7-16-6-2-3-12(16)8-17(10)14-15-11(9-20-14)4-5-13(18)19/h9-10,12H,2-8H2,1H3,(H,18,19). The Labute approximate surface area is 123 Å². The van der Waals surface area contributed by atoms with E-state index in [1.807, 2.05) is 5.38 Å². The van der Waals surface area contributed by atoms with Crippen molar-refractivity contribution in [3.05, 3.63) is 11.1 Å². The molecule has 20 heavy (non-hydrogen) atoms. The number of anilines is 1. The van der Waals surface area contributed by atoms with Gasteiger partial charge in [-0.2, -0.15) is 0 Å². The SMILES string of the molecule is CC1CN2CCCC2CN1c1nc(CCC(=O)O)cs1. The van der Waals surface area contributed by atoms with Crippen LogP contribution in [0.15, 0.2) is 5.38 Å². The molecule has 3 heterocycles. The van der Waals surface area contributed by atoms with Gasteiger partial charge in [0.2, 0.25) is 0 Å². The number of hydrogen-bond donors (Lipinski definition) is 1. The number of piperazine rings is 1. The van der Waals surface area contributed by atoms with Crippen molar-refractivity contribution in [2.24, 2.45) is 0 Å². The summed E-state index contributed by atoms with van der Waals surface area (Å²) < 4.78 is 0.